The third-order valence-corrected chi connectivity index (χ3v) is 2.68. The van der Waals surface area contributed by atoms with E-state index in [9.17, 15) is 4.39 Å². The van der Waals surface area contributed by atoms with Gasteiger partial charge in [-0.2, -0.15) is 5.26 Å². The van der Waals surface area contributed by atoms with Crippen molar-refractivity contribution in [1.82, 2.24) is 4.90 Å². The average molecular weight is 236 g/mol. The largest absolute Gasteiger partial charge is 0.395 e. The van der Waals surface area contributed by atoms with E-state index in [1.165, 1.54) is 18.2 Å². The van der Waals surface area contributed by atoms with E-state index in [-0.39, 0.29) is 18.5 Å². The van der Waals surface area contributed by atoms with Crippen LogP contribution in [-0.2, 0) is 6.54 Å². The lowest BCUT2D eigenvalue weighted by Crippen LogP contribution is -2.33. The molecule has 1 aromatic carbocycles. The van der Waals surface area contributed by atoms with E-state index in [0.29, 0.717) is 24.2 Å². The maximum Gasteiger partial charge on any atom is 0.123 e. The van der Waals surface area contributed by atoms with E-state index in [4.69, 9.17) is 10.4 Å². The van der Waals surface area contributed by atoms with Crippen LogP contribution in [0.3, 0.4) is 0 Å². The first-order valence-electron chi connectivity index (χ1n) is 5.62. The smallest absolute Gasteiger partial charge is 0.123 e. The summed E-state index contributed by atoms with van der Waals surface area (Å²) in [5.74, 6) is -0.341. The molecule has 1 N–H and O–H groups in total. The molecular formula is C13H17FN2O. The molecule has 17 heavy (non-hydrogen) atoms. The van der Waals surface area contributed by atoms with Crippen molar-refractivity contribution in [2.45, 2.75) is 26.4 Å². The van der Waals surface area contributed by atoms with Gasteiger partial charge in [0.15, 0.2) is 0 Å². The fraction of sp³-hybridized carbons (Fsp3) is 0.462. The Bertz CT molecular complexity index is 412. The second kappa shape index (κ2) is 6.33. The minimum absolute atomic E-state index is 0.0510. The number of benzene rings is 1. The standard InChI is InChI=1S/C13H17FN2O/c1-10(2)16(5-6-17)9-12-7-13(14)4-3-11(12)8-15/h3-4,7,10,17H,5-6,9H2,1-2H3. The normalized spacial score (nSPS) is 10.9. The first-order chi connectivity index (χ1) is 8.08. The highest BCUT2D eigenvalue weighted by Gasteiger charge is 2.12. The Morgan fingerprint density at radius 3 is 2.71 bits per heavy atom. The Hall–Kier alpha value is -1.44. The lowest BCUT2D eigenvalue weighted by Gasteiger charge is -2.25. The van der Waals surface area contributed by atoms with E-state index in [1.807, 2.05) is 18.7 Å². The maximum absolute atomic E-state index is 13.1. The van der Waals surface area contributed by atoms with E-state index >= 15 is 0 Å². The quantitative estimate of drug-likeness (QED) is 0.849. The zero-order valence-electron chi connectivity index (χ0n) is 10.2. The molecule has 0 aliphatic carbocycles. The van der Waals surface area contributed by atoms with Crippen LogP contribution in [0.25, 0.3) is 0 Å². The van der Waals surface area contributed by atoms with Crippen LogP contribution in [-0.4, -0.2) is 29.2 Å². The van der Waals surface area contributed by atoms with E-state index in [1.54, 1.807) is 0 Å². The molecule has 1 aromatic rings. The Morgan fingerprint density at radius 1 is 1.47 bits per heavy atom. The Balaban J connectivity index is 2.92. The van der Waals surface area contributed by atoms with Crippen molar-refractivity contribution >= 4 is 0 Å². The fourth-order valence-corrected chi connectivity index (χ4v) is 1.67. The van der Waals surface area contributed by atoms with Gasteiger partial charge in [0.1, 0.15) is 5.82 Å². The van der Waals surface area contributed by atoms with Gasteiger partial charge in [0.25, 0.3) is 0 Å². The molecule has 0 saturated heterocycles. The van der Waals surface area contributed by atoms with Crippen molar-refractivity contribution in [3.8, 4) is 6.07 Å². The summed E-state index contributed by atoms with van der Waals surface area (Å²) in [7, 11) is 0. The number of nitrogens with zero attached hydrogens (tertiary/aromatic N) is 2. The molecule has 1 rings (SSSR count). The predicted octanol–water partition coefficient (Wildman–Crippen LogP) is 1.90. The molecule has 4 heteroatoms. The van der Waals surface area contributed by atoms with Crippen LogP contribution in [0, 0.1) is 17.1 Å². The summed E-state index contributed by atoms with van der Waals surface area (Å²) in [6.45, 7) is 5.04. The maximum atomic E-state index is 13.1. The highest BCUT2D eigenvalue weighted by molar-refractivity contribution is 5.37. The highest BCUT2D eigenvalue weighted by Crippen LogP contribution is 2.14. The van der Waals surface area contributed by atoms with Crippen molar-refractivity contribution in [1.29, 1.82) is 5.26 Å². The molecule has 0 unspecified atom stereocenters. The average Bonchev–Trinajstić information content (AvgIpc) is 2.28. The minimum atomic E-state index is -0.341. The Labute approximate surface area is 101 Å². The number of halogens is 1. The molecular weight excluding hydrogens is 219 g/mol. The third-order valence-electron chi connectivity index (χ3n) is 2.68. The van der Waals surface area contributed by atoms with Crippen LogP contribution in [0.2, 0.25) is 0 Å². The van der Waals surface area contributed by atoms with Crippen LogP contribution in [0.15, 0.2) is 18.2 Å². The van der Waals surface area contributed by atoms with Crippen LogP contribution >= 0.6 is 0 Å². The first kappa shape index (κ1) is 13.6. The number of rotatable bonds is 5. The minimum Gasteiger partial charge on any atom is -0.395 e. The van der Waals surface area contributed by atoms with E-state index < -0.39 is 0 Å². The summed E-state index contributed by atoms with van der Waals surface area (Å²) in [4.78, 5) is 2.00. The second-order valence-electron chi connectivity index (χ2n) is 4.20. The molecule has 0 radical (unpaired) electrons. The zero-order chi connectivity index (χ0) is 12.8. The highest BCUT2D eigenvalue weighted by atomic mass is 19.1. The summed E-state index contributed by atoms with van der Waals surface area (Å²) < 4.78 is 13.1. The Kier molecular flexibility index (Phi) is 5.08. The third kappa shape index (κ3) is 3.81. The number of aliphatic hydroxyl groups excluding tert-OH is 1. The van der Waals surface area contributed by atoms with Gasteiger partial charge in [-0.05, 0) is 37.6 Å². The van der Waals surface area contributed by atoms with Crippen molar-refractivity contribution in [3.05, 3.63) is 35.1 Å². The molecule has 3 nitrogen and oxygen atoms in total. The second-order valence-corrected chi connectivity index (χ2v) is 4.20. The Morgan fingerprint density at radius 2 is 2.18 bits per heavy atom. The van der Waals surface area contributed by atoms with Gasteiger partial charge in [0.2, 0.25) is 0 Å². The van der Waals surface area contributed by atoms with E-state index in [2.05, 4.69) is 6.07 Å². The van der Waals surface area contributed by atoms with Crippen LogP contribution in [0.5, 0.6) is 0 Å². The van der Waals surface area contributed by atoms with Gasteiger partial charge in [-0.25, -0.2) is 4.39 Å². The van der Waals surface area contributed by atoms with Crippen molar-refractivity contribution < 1.29 is 9.50 Å². The summed E-state index contributed by atoms with van der Waals surface area (Å²) in [5.41, 5.74) is 1.14. The molecule has 0 fully saturated rings. The van der Waals surface area contributed by atoms with Gasteiger partial charge >= 0.3 is 0 Å². The fourth-order valence-electron chi connectivity index (χ4n) is 1.67. The summed E-state index contributed by atoms with van der Waals surface area (Å²) in [6.07, 6.45) is 0. The molecule has 0 saturated carbocycles. The molecule has 0 aliphatic heterocycles. The molecule has 0 atom stereocenters. The van der Waals surface area contributed by atoms with Gasteiger partial charge < -0.3 is 5.11 Å². The van der Waals surface area contributed by atoms with Crippen molar-refractivity contribution in [2.24, 2.45) is 0 Å². The predicted molar refractivity (Wildman–Crippen MR) is 63.7 cm³/mol. The van der Waals surface area contributed by atoms with Gasteiger partial charge in [-0.3, -0.25) is 4.90 Å². The van der Waals surface area contributed by atoms with Crippen molar-refractivity contribution in [3.63, 3.8) is 0 Å². The molecule has 0 heterocycles. The van der Waals surface area contributed by atoms with Gasteiger partial charge in [0, 0.05) is 19.1 Å². The lowest BCUT2D eigenvalue weighted by atomic mass is 10.1. The molecule has 0 spiro atoms. The van der Waals surface area contributed by atoms with Gasteiger partial charge in [0.05, 0.1) is 18.2 Å². The first-order valence-corrected chi connectivity index (χ1v) is 5.62. The SMILES string of the molecule is CC(C)N(CCO)Cc1cc(F)ccc1C#N. The summed E-state index contributed by atoms with van der Waals surface area (Å²) in [5, 5.41) is 17.9. The van der Waals surface area contributed by atoms with Gasteiger partial charge in [-0.15, -0.1) is 0 Å². The molecule has 0 amide bonds. The summed E-state index contributed by atoms with van der Waals surface area (Å²) >= 11 is 0. The molecule has 92 valence electrons. The van der Waals surface area contributed by atoms with Crippen LogP contribution in [0.4, 0.5) is 4.39 Å². The number of hydrogen-bond acceptors (Lipinski definition) is 3. The van der Waals surface area contributed by atoms with E-state index in [0.717, 1.165) is 0 Å². The monoisotopic (exact) mass is 236 g/mol. The molecule has 0 aliphatic rings. The lowest BCUT2D eigenvalue weighted by molar-refractivity contribution is 0.159. The number of hydrogen-bond donors (Lipinski definition) is 1. The zero-order valence-corrected chi connectivity index (χ0v) is 10.2. The summed E-state index contributed by atoms with van der Waals surface area (Å²) in [6, 6.07) is 6.44. The number of aliphatic hydroxyl groups is 1. The van der Waals surface area contributed by atoms with Crippen LogP contribution < -0.4 is 0 Å². The topological polar surface area (TPSA) is 47.3 Å². The van der Waals surface area contributed by atoms with Gasteiger partial charge in [-0.1, -0.05) is 0 Å². The molecule has 0 aromatic heterocycles. The number of nitriles is 1. The molecule has 0 bridgehead atoms. The van der Waals surface area contributed by atoms with Crippen LogP contribution in [0.1, 0.15) is 25.0 Å². The van der Waals surface area contributed by atoms with Crippen molar-refractivity contribution in [2.75, 3.05) is 13.2 Å².